The van der Waals surface area contributed by atoms with Crippen LogP contribution in [0, 0.1) is 0 Å². The molecule has 0 aliphatic carbocycles. The van der Waals surface area contributed by atoms with E-state index in [2.05, 4.69) is 15.3 Å². The molecular weight excluding hydrogens is 234 g/mol. The van der Waals surface area contributed by atoms with Crippen LogP contribution >= 0.6 is 0 Å². The molecule has 0 saturated heterocycles. The van der Waals surface area contributed by atoms with Crippen LogP contribution < -0.4 is 11.0 Å². The summed E-state index contributed by atoms with van der Waals surface area (Å²) in [5.41, 5.74) is 2.03. The molecule has 0 aliphatic heterocycles. The van der Waals surface area contributed by atoms with Gasteiger partial charge in [-0.2, -0.15) is 0 Å². The monoisotopic (exact) mass is 247 g/mol. The number of likely N-dealkylation sites (N-methyl/N-ethyl adjacent to an activating group) is 1. The Morgan fingerprint density at radius 1 is 1.39 bits per heavy atom. The number of carboxylic acid groups (broad SMARTS) is 1. The Morgan fingerprint density at radius 2 is 2.11 bits per heavy atom. The lowest BCUT2D eigenvalue weighted by Gasteiger charge is -2.11. The van der Waals surface area contributed by atoms with Gasteiger partial charge in [-0.05, 0) is 24.7 Å². The van der Waals surface area contributed by atoms with Gasteiger partial charge >= 0.3 is 11.7 Å². The van der Waals surface area contributed by atoms with Crippen LogP contribution in [0.5, 0.6) is 0 Å². The highest BCUT2D eigenvalue weighted by Gasteiger charge is 2.07. The van der Waals surface area contributed by atoms with Crippen LogP contribution in [-0.2, 0) is 4.79 Å². The summed E-state index contributed by atoms with van der Waals surface area (Å²) in [4.78, 5) is 26.9. The number of hydrogen-bond donors (Lipinski definition) is 4. The molecule has 1 aromatic heterocycles. The number of carboxylic acids is 1. The van der Waals surface area contributed by atoms with Crippen LogP contribution in [0.15, 0.2) is 35.1 Å². The van der Waals surface area contributed by atoms with Crippen LogP contribution in [0.4, 0.5) is 0 Å². The van der Waals surface area contributed by atoms with Crippen molar-refractivity contribution >= 4 is 17.0 Å². The number of aromatic amines is 2. The molecule has 0 aliphatic rings. The smallest absolute Gasteiger partial charge is 0.328 e. The molecule has 0 radical (unpaired) electrons. The van der Waals surface area contributed by atoms with Crippen molar-refractivity contribution in [3.63, 3.8) is 0 Å². The van der Waals surface area contributed by atoms with Gasteiger partial charge in [0.05, 0.1) is 17.1 Å². The van der Waals surface area contributed by atoms with E-state index >= 15 is 0 Å². The predicted octanol–water partition coefficient (Wildman–Crippen LogP) is 0.757. The quantitative estimate of drug-likeness (QED) is 0.599. The Labute approximate surface area is 102 Å². The average Bonchev–Trinajstić information content (AvgIpc) is 2.68. The maximum atomic E-state index is 11.1. The van der Waals surface area contributed by atoms with Gasteiger partial charge in [-0.1, -0.05) is 12.1 Å². The van der Waals surface area contributed by atoms with Gasteiger partial charge in [0, 0.05) is 6.08 Å². The Kier molecular flexibility index (Phi) is 3.29. The summed E-state index contributed by atoms with van der Waals surface area (Å²) < 4.78 is 0. The molecular formula is C12H13N3O3. The van der Waals surface area contributed by atoms with Crippen LogP contribution in [-0.4, -0.2) is 28.1 Å². The normalized spacial score (nSPS) is 13.2. The van der Waals surface area contributed by atoms with Crippen LogP contribution in [0.2, 0.25) is 0 Å². The number of carbonyl (C=O) groups is 1. The minimum atomic E-state index is -0.994. The van der Waals surface area contributed by atoms with Gasteiger partial charge in [-0.3, -0.25) is 0 Å². The molecule has 0 amide bonds. The summed E-state index contributed by atoms with van der Waals surface area (Å²) in [6, 6.07) is 5.20. The zero-order chi connectivity index (χ0) is 13.1. The molecule has 18 heavy (non-hydrogen) atoms. The Balaban J connectivity index is 2.38. The summed E-state index contributed by atoms with van der Waals surface area (Å²) in [5.74, 6) is -0.994. The predicted molar refractivity (Wildman–Crippen MR) is 67.5 cm³/mol. The second-order valence-electron chi connectivity index (χ2n) is 3.85. The first kappa shape index (κ1) is 12.1. The Morgan fingerprint density at radius 3 is 2.78 bits per heavy atom. The van der Waals surface area contributed by atoms with Gasteiger partial charge in [0.25, 0.3) is 0 Å². The van der Waals surface area contributed by atoms with Crippen molar-refractivity contribution in [1.82, 2.24) is 15.3 Å². The van der Waals surface area contributed by atoms with Gasteiger partial charge in [-0.15, -0.1) is 0 Å². The molecule has 2 aromatic rings. The number of hydrogen-bond acceptors (Lipinski definition) is 3. The third-order valence-corrected chi connectivity index (χ3v) is 2.64. The largest absolute Gasteiger partial charge is 0.478 e. The molecule has 1 aromatic carbocycles. The van der Waals surface area contributed by atoms with E-state index in [1.54, 1.807) is 25.3 Å². The maximum Gasteiger partial charge on any atom is 0.328 e. The molecule has 2 rings (SSSR count). The number of H-pyrrole nitrogens is 2. The fourth-order valence-corrected chi connectivity index (χ4v) is 1.80. The van der Waals surface area contributed by atoms with Crippen molar-refractivity contribution in [2.24, 2.45) is 0 Å². The van der Waals surface area contributed by atoms with Crippen LogP contribution in [0.3, 0.4) is 0 Å². The first-order chi connectivity index (χ1) is 8.60. The summed E-state index contributed by atoms with van der Waals surface area (Å²) in [7, 11) is 1.74. The van der Waals surface area contributed by atoms with Crippen molar-refractivity contribution in [3.8, 4) is 0 Å². The van der Waals surface area contributed by atoms with E-state index in [1.807, 2.05) is 6.07 Å². The molecule has 6 heteroatoms. The van der Waals surface area contributed by atoms with Crippen molar-refractivity contribution < 1.29 is 9.90 Å². The second-order valence-corrected chi connectivity index (χ2v) is 3.85. The van der Waals surface area contributed by atoms with E-state index in [9.17, 15) is 9.59 Å². The van der Waals surface area contributed by atoms with Crippen LogP contribution in [0.1, 0.15) is 11.6 Å². The molecule has 1 heterocycles. The zero-order valence-electron chi connectivity index (χ0n) is 9.73. The Bertz CT molecular complexity index is 654. The number of rotatable bonds is 4. The van der Waals surface area contributed by atoms with Gasteiger partial charge in [0.15, 0.2) is 0 Å². The highest BCUT2D eigenvalue weighted by Crippen LogP contribution is 2.18. The number of benzene rings is 1. The highest BCUT2D eigenvalue weighted by atomic mass is 16.4. The molecule has 0 spiro atoms. The SMILES string of the molecule is CNC(/C=C/C(=O)O)c1ccc2[nH]c(=O)[nH]c2c1. The van der Waals surface area contributed by atoms with Crippen molar-refractivity contribution in [2.45, 2.75) is 6.04 Å². The lowest BCUT2D eigenvalue weighted by atomic mass is 10.1. The van der Waals surface area contributed by atoms with Crippen molar-refractivity contribution in [3.05, 3.63) is 46.4 Å². The number of aliphatic carboxylic acids is 1. The number of aromatic nitrogens is 2. The standard InChI is InChI=1S/C12H13N3O3/c1-13-8(4-5-11(16)17)7-2-3-9-10(6-7)15-12(18)14-9/h2-6,8,13H,1H3,(H,16,17)(H2,14,15,18)/b5-4+. The van der Waals surface area contributed by atoms with E-state index in [0.717, 1.165) is 17.2 Å². The van der Waals surface area contributed by atoms with E-state index in [4.69, 9.17) is 5.11 Å². The highest BCUT2D eigenvalue weighted by molar-refractivity contribution is 5.80. The third-order valence-electron chi connectivity index (χ3n) is 2.64. The fraction of sp³-hybridized carbons (Fsp3) is 0.167. The molecule has 6 nitrogen and oxygen atoms in total. The van der Waals surface area contributed by atoms with Crippen molar-refractivity contribution in [2.75, 3.05) is 7.05 Å². The molecule has 1 atom stereocenters. The second kappa shape index (κ2) is 4.89. The zero-order valence-corrected chi connectivity index (χ0v) is 9.73. The number of imidazole rings is 1. The summed E-state index contributed by atoms with van der Waals surface area (Å²) in [6.45, 7) is 0. The van der Waals surface area contributed by atoms with Crippen molar-refractivity contribution in [1.29, 1.82) is 0 Å². The molecule has 1 unspecified atom stereocenters. The Hall–Kier alpha value is -2.34. The first-order valence-electron chi connectivity index (χ1n) is 5.40. The van der Waals surface area contributed by atoms with E-state index in [0.29, 0.717) is 5.52 Å². The average molecular weight is 247 g/mol. The summed E-state index contributed by atoms with van der Waals surface area (Å²) in [5, 5.41) is 11.6. The topological polar surface area (TPSA) is 98.0 Å². The molecule has 94 valence electrons. The lowest BCUT2D eigenvalue weighted by molar-refractivity contribution is -0.131. The lowest BCUT2D eigenvalue weighted by Crippen LogP contribution is -2.14. The fourth-order valence-electron chi connectivity index (χ4n) is 1.80. The summed E-state index contributed by atoms with van der Waals surface area (Å²) >= 11 is 0. The van der Waals surface area contributed by atoms with E-state index in [1.165, 1.54) is 0 Å². The number of nitrogens with one attached hydrogen (secondary N) is 3. The maximum absolute atomic E-state index is 11.1. The molecule has 0 bridgehead atoms. The van der Waals surface area contributed by atoms with Gasteiger partial charge in [-0.25, -0.2) is 9.59 Å². The summed E-state index contributed by atoms with van der Waals surface area (Å²) in [6.07, 6.45) is 2.64. The minimum Gasteiger partial charge on any atom is -0.478 e. The van der Waals surface area contributed by atoms with Crippen LogP contribution in [0.25, 0.3) is 11.0 Å². The molecule has 0 fully saturated rings. The first-order valence-corrected chi connectivity index (χ1v) is 5.40. The third kappa shape index (κ3) is 2.49. The van der Waals surface area contributed by atoms with E-state index in [-0.39, 0.29) is 11.7 Å². The van der Waals surface area contributed by atoms with Gasteiger partial charge in [0.2, 0.25) is 0 Å². The number of fused-ring (bicyclic) bond motifs is 1. The molecule has 0 saturated carbocycles. The van der Waals surface area contributed by atoms with Gasteiger partial charge in [0.1, 0.15) is 0 Å². The van der Waals surface area contributed by atoms with Gasteiger partial charge < -0.3 is 20.4 Å². The van der Waals surface area contributed by atoms with E-state index < -0.39 is 5.97 Å². The minimum absolute atomic E-state index is 0.219. The molecule has 4 N–H and O–H groups in total.